The number of furan rings is 1. The monoisotopic (exact) mass is 317 g/mol. The molecule has 0 amide bonds. The number of fused-ring (bicyclic) bond motifs is 1. The molecule has 0 atom stereocenters. The van der Waals surface area contributed by atoms with Gasteiger partial charge in [0.25, 0.3) is 0 Å². The fraction of sp³-hybridized carbons (Fsp3) is 0.182. The molecule has 0 aliphatic heterocycles. The van der Waals surface area contributed by atoms with Crippen LogP contribution in [0.25, 0.3) is 11.2 Å². The summed E-state index contributed by atoms with van der Waals surface area (Å²) in [7, 11) is 0. The van der Waals surface area contributed by atoms with Gasteiger partial charge in [-0.1, -0.05) is 0 Å². The first-order valence-electron chi connectivity index (χ1n) is 5.70. The van der Waals surface area contributed by atoms with Gasteiger partial charge < -0.3 is 14.7 Å². The zero-order chi connectivity index (χ0) is 15.0. The van der Waals surface area contributed by atoms with Crippen LogP contribution in [0.5, 0.6) is 0 Å². The molecule has 0 radical (unpaired) electrons. The lowest BCUT2D eigenvalue weighted by atomic mass is 10.4. The van der Waals surface area contributed by atoms with E-state index in [1.54, 1.807) is 0 Å². The molecule has 2 N–H and O–H groups in total. The van der Waals surface area contributed by atoms with E-state index in [-0.39, 0.29) is 17.6 Å². The zero-order valence-corrected chi connectivity index (χ0v) is 11.0. The highest BCUT2D eigenvalue weighted by molar-refractivity contribution is 6.28. The van der Waals surface area contributed by atoms with E-state index in [1.807, 2.05) is 0 Å². The van der Waals surface area contributed by atoms with Crippen molar-refractivity contribution in [1.29, 1.82) is 0 Å². The van der Waals surface area contributed by atoms with E-state index >= 15 is 0 Å². The topological polar surface area (TPSA) is 79.6 Å². The van der Waals surface area contributed by atoms with Crippen molar-refractivity contribution in [3.05, 3.63) is 35.3 Å². The Labute approximate surface area is 120 Å². The number of rotatable bonds is 3. The molecule has 3 aromatic heterocycles. The highest BCUT2D eigenvalue weighted by atomic mass is 35.5. The van der Waals surface area contributed by atoms with Crippen LogP contribution in [0.4, 0.5) is 19.0 Å². The molecule has 0 aromatic carbocycles. The summed E-state index contributed by atoms with van der Waals surface area (Å²) < 4.78 is 42.0. The van der Waals surface area contributed by atoms with Crippen molar-refractivity contribution in [2.45, 2.75) is 12.7 Å². The molecule has 110 valence electrons. The third kappa shape index (κ3) is 2.77. The number of aromatic amines is 1. The first kappa shape index (κ1) is 13.7. The molecule has 0 saturated heterocycles. The number of hydrogen-bond donors (Lipinski definition) is 2. The minimum Gasteiger partial charge on any atom is -0.455 e. The average molecular weight is 318 g/mol. The van der Waals surface area contributed by atoms with Gasteiger partial charge in [0.2, 0.25) is 11.0 Å². The average Bonchev–Trinajstić information content (AvgIpc) is 3.03. The molecular formula is C11H7ClF3N5O. The van der Waals surface area contributed by atoms with Crippen molar-refractivity contribution in [3.8, 4) is 0 Å². The molecule has 0 spiro atoms. The molecule has 21 heavy (non-hydrogen) atoms. The Balaban J connectivity index is 1.80. The van der Waals surface area contributed by atoms with Crippen LogP contribution in [0, 0.1) is 0 Å². The van der Waals surface area contributed by atoms with Crippen LogP contribution in [0.3, 0.4) is 0 Å². The van der Waals surface area contributed by atoms with Gasteiger partial charge in [0.1, 0.15) is 11.3 Å². The lowest BCUT2D eigenvalue weighted by molar-refractivity contribution is -0.153. The van der Waals surface area contributed by atoms with Crippen LogP contribution in [-0.2, 0) is 12.7 Å². The van der Waals surface area contributed by atoms with E-state index < -0.39 is 11.9 Å². The first-order chi connectivity index (χ1) is 9.93. The van der Waals surface area contributed by atoms with Crippen molar-refractivity contribution < 1.29 is 17.6 Å². The molecule has 3 aromatic rings. The van der Waals surface area contributed by atoms with Crippen LogP contribution >= 0.6 is 11.6 Å². The van der Waals surface area contributed by atoms with Crippen molar-refractivity contribution in [2.75, 3.05) is 5.32 Å². The number of nitrogens with zero attached hydrogens (tertiary/aromatic N) is 3. The Morgan fingerprint density at radius 2 is 2.10 bits per heavy atom. The van der Waals surface area contributed by atoms with Gasteiger partial charge in [-0.15, -0.1) is 0 Å². The van der Waals surface area contributed by atoms with Gasteiger partial charge in [-0.05, 0) is 23.7 Å². The van der Waals surface area contributed by atoms with Crippen LogP contribution in [0.2, 0.25) is 5.28 Å². The van der Waals surface area contributed by atoms with Crippen molar-refractivity contribution in [3.63, 3.8) is 0 Å². The predicted molar refractivity (Wildman–Crippen MR) is 67.7 cm³/mol. The highest BCUT2D eigenvalue weighted by Crippen LogP contribution is 2.30. The van der Waals surface area contributed by atoms with Crippen molar-refractivity contribution in [1.82, 2.24) is 19.9 Å². The molecule has 0 aliphatic carbocycles. The van der Waals surface area contributed by atoms with Crippen molar-refractivity contribution in [2.24, 2.45) is 0 Å². The smallest absolute Gasteiger partial charge is 0.449 e. The first-order valence-corrected chi connectivity index (χ1v) is 6.07. The number of aromatic nitrogens is 4. The largest absolute Gasteiger partial charge is 0.455 e. The molecule has 0 aliphatic rings. The normalized spacial score (nSPS) is 12.0. The number of H-pyrrole nitrogens is 1. The van der Waals surface area contributed by atoms with E-state index in [2.05, 4.69) is 25.3 Å². The minimum atomic E-state index is -4.51. The number of alkyl halides is 3. The number of hydrogen-bond acceptors (Lipinski definition) is 5. The second kappa shape index (κ2) is 4.92. The van der Waals surface area contributed by atoms with E-state index in [1.165, 1.54) is 12.4 Å². The Morgan fingerprint density at radius 3 is 2.81 bits per heavy atom. The molecular weight excluding hydrogens is 311 g/mol. The Hall–Kier alpha value is -2.29. The Kier molecular flexibility index (Phi) is 3.20. The lowest BCUT2D eigenvalue weighted by Gasteiger charge is -2.05. The molecule has 10 heteroatoms. The second-order valence-corrected chi connectivity index (χ2v) is 4.40. The van der Waals surface area contributed by atoms with Gasteiger partial charge in [-0.3, -0.25) is 0 Å². The van der Waals surface area contributed by atoms with Gasteiger partial charge >= 0.3 is 6.18 Å². The standard InChI is InChI=1S/C11H7ClF3N5O/c12-10-19-8(7-9(20-10)18-4-17-7)16-3-5-1-2-6(21-5)11(13,14)15/h1-2,4H,3H2,(H2,16,17,18,19,20). The van der Waals surface area contributed by atoms with Gasteiger partial charge in [-0.2, -0.15) is 23.1 Å². The quantitative estimate of drug-likeness (QED) is 0.725. The Morgan fingerprint density at radius 1 is 1.29 bits per heavy atom. The molecule has 0 fully saturated rings. The molecule has 3 heterocycles. The number of imidazole rings is 1. The summed E-state index contributed by atoms with van der Waals surface area (Å²) in [5.74, 6) is -0.608. The summed E-state index contributed by atoms with van der Waals surface area (Å²) in [6.45, 7) is 0.0115. The third-order valence-electron chi connectivity index (χ3n) is 2.63. The van der Waals surface area contributed by atoms with Gasteiger partial charge in [0, 0.05) is 0 Å². The fourth-order valence-electron chi connectivity index (χ4n) is 1.73. The summed E-state index contributed by atoms with van der Waals surface area (Å²) in [5, 5.41) is 2.81. The SMILES string of the molecule is FC(F)(F)c1ccc(CNc2nc(Cl)nc3nc[nH]c23)o1. The number of anilines is 1. The van der Waals surface area contributed by atoms with Crippen LogP contribution < -0.4 is 5.32 Å². The van der Waals surface area contributed by atoms with Crippen LogP contribution in [0.1, 0.15) is 11.5 Å². The highest BCUT2D eigenvalue weighted by Gasteiger charge is 2.34. The number of nitrogens with one attached hydrogen (secondary N) is 2. The summed E-state index contributed by atoms with van der Waals surface area (Å²) in [6, 6.07) is 2.11. The summed E-state index contributed by atoms with van der Waals surface area (Å²) in [4.78, 5) is 14.6. The molecule has 3 rings (SSSR count). The van der Waals surface area contributed by atoms with E-state index in [9.17, 15) is 13.2 Å². The lowest BCUT2D eigenvalue weighted by Crippen LogP contribution is -2.04. The zero-order valence-electron chi connectivity index (χ0n) is 10.2. The molecule has 0 unspecified atom stereocenters. The third-order valence-corrected chi connectivity index (χ3v) is 2.80. The maximum atomic E-state index is 12.4. The Bertz CT molecular complexity index is 782. The number of halogens is 4. The van der Waals surface area contributed by atoms with Gasteiger partial charge in [0.05, 0.1) is 12.9 Å². The summed E-state index contributed by atoms with van der Waals surface area (Å²) >= 11 is 5.74. The van der Waals surface area contributed by atoms with Crippen molar-refractivity contribution >= 4 is 28.6 Å². The molecule has 6 nitrogen and oxygen atoms in total. The fourth-order valence-corrected chi connectivity index (χ4v) is 1.90. The van der Waals surface area contributed by atoms with Gasteiger partial charge in [0.15, 0.2) is 11.5 Å². The molecule has 0 bridgehead atoms. The van der Waals surface area contributed by atoms with E-state index in [0.717, 1.165) is 6.07 Å². The van der Waals surface area contributed by atoms with E-state index in [4.69, 9.17) is 16.0 Å². The maximum absolute atomic E-state index is 12.4. The van der Waals surface area contributed by atoms with Gasteiger partial charge in [-0.25, -0.2) is 4.98 Å². The predicted octanol–water partition coefficient (Wildman–Crippen LogP) is 3.23. The summed E-state index contributed by atoms with van der Waals surface area (Å²) in [5.41, 5.74) is 0.856. The van der Waals surface area contributed by atoms with Crippen LogP contribution in [0.15, 0.2) is 22.9 Å². The molecule has 0 saturated carbocycles. The maximum Gasteiger partial charge on any atom is 0.449 e. The van der Waals surface area contributed by atoms with Crippen LogP contribution in [-0.4, -0.2) is 19.9 Å². The summed E-state index contributed by atoms with van der Waals surface area (Å²) in [6.07, 6.45) is -3.09. The minimum absolute atomic E-state index is 0.0115. The second-order valence-electron chi connectivity index (χ2n) is 4.06. The van der Waals surface area contributed by atoms with E-state index in [0.29, 0.717) is 17.0 Å².